The first kappa shape index (κ1) is 13.5. The second-order valence-corrected chi connectivity index (χ2v) is 4.78. The molecule has 0 fully saturated rings. The van der Waals surface area contributed by atoms with Crippen LogP contribution in [0.2, 0.25) is 0 Å². The van der Waals surface area contributed by atoms with E-state index in [4.69, 9.17) is 4.74 Å². The van der Waals surface area contributed by atoms with Crippen molar-refractivity contribution in [2.45, 2.75) is 32.5 Å². The number of aliphatic hydroxyl groups is 1. The third kappa shape index (κ3) is 4.44. The lowest BCUT2D eigenvalue weighted by Gasteiger charge is -2.20. The van der Waals surface area contributed by atoms with Gasteiger partial charge >= 0.3 is 6.09 Å². The van der Waals surface area contributed by atoms with E-state index in [-0.39, 0.29) is 6.54 Å². The van der Waals surface area contributed by atoms with Crippen LogP contribution in [0.4, 0.5) is 4.79 Å². The Morgan fingerprint density at radius 2 is 2.29 bits per heavy atom. The summed E-state index contributed by atoms with van der Waals surface area (Å²) < 4.78 is 6.61. The van der Waals surface area contributed by atoms with E-state index in [2.05, 4.69) is 10.4 Å². The molecular weight excluding hydrogens is 222 g/mol. The second kappa shape index (κ2) is 5.18. The molecule has 0 aromatic carbocycles. The molecule has 0 bridgehead atoms. The van der Waals surface area contributed by atoms with Crippen LogP contribution in [0.5, 0.6) is 0 Å². The zero-order chi connectivity index (χ0) is 13.1. The number of carbonyl (C=O) groups excluding carboxylic acids is 1. The van der Waals surface area contributed by atoms with E-state index in [0.717, 1.165) is 0 Å². The Balaban J connectivity index is 2.41. The van der Waals surface area contributed by atoms with Crippen LogP contribution in [-0.4, -0.2) is 33.1 Å². The highest BCUT2D eigenvalue weighted by Gasteiger charge is 2.18. The van der Waals surface area contributed by atoms with Crippen molar-refractivity contribution in [1.29, 1.82) is 0 Å². The summed E-state index contributed by atoms with van der Waals surface area (Å²) in [5.41, 5.74) is 0.0998. The minimum absolute atomic E-state index is 0.0917. The maximum atomic E-state index is 11.4. The molecule has 1 aromatic rings. The molecule has 0 aliphatic heterocycles. The SMILES string of the molecule is Cn1nccc1C(O)CNC(=O)OC(C)(C)C. The summed E-state index contributed by atoms with van der Waals surface area (Å²) in [6.45, 7) is 5.44. The van der Waals surface area contributed by atoms with Gasteiger partial charge in [-0.2, -0.15) is 5.10 Å². The molecule has 6 heteroatoms. The highest BCUT2D eigenvalue weighted by atomic mass is 16.6. The first-order valence-electron chi connectivity index (χ1n) is 5.42. The number of ether oxygens (including phenoxy) is 1. The molecular formula is C11H19N3O3. The van der Waals surface area contributed by atoms with Crippen LogP contribution in [0, 0.1) is 0 Å². The van der Waals surface area contributed by atoms with Crippen LogP contribution in [0.3, 0.4) is 0 Å². The van der Waals surface area contributed by atoms with E-state index < -0.39 is 17.8 Å². The van der Waals surface area contributed by atoms with Gasteiger partial charge in [-0.25, -0.2) is 4.79 Å². The average Bonchev–Trinajstić information content (AvgIpc) is 2.58. The number of alkyl carbamates (subject to hydrolysis) is 1. The predicted octanol–water partition coefficient (Wildman–Crippen LogP) is 0.978. The third-order valence-corrected chi connectivity index (χ3v) is 2.04. The van der Waals surface area contributed by atoms with Crippen molar-refractivity contribution in [3.63, 3.8) is 0 Å². The van der Waals surface area contributed by atoms with E-state index in [1.807, 2.05) is 0 Å². The number of nitrogens with zero attached hydrogens (tertiary/aromatic N) is 2. The molecule has 0 radical (unpaired) electrons. The molecule has 2 N–H and O–H groups in total. The van der Waals surface area contributed by atoms with Crippen LogP contribution in [0.15, 0.2) is 12.3 Å². The Labute approximate surface area is 101 Å². The molecule has 0 aliphatic carbocycles. The van der Waals surface area contributed by atoms with Crippen molar-refractivity contribution in [3.8, 4) is 0 Å². The molecule has 6 nitrogen and oxygen atoms in total. The molecule has 0 saturated carbocycles. The second-order valence-electron chi connectivity index (χ2n) is 4.78. The van der Waals surface area contributed by atoms with Crippen molar-refractivity contribution < 1.29 is 14.6 Å². The Bertz CT molecular complexity index is 382. The summed E-state index contributed by atoms with van der Waals surface area (Å²) in [6.07, 6.45) is 0.250. The van der Waals surface area contributed by atoms with Crippen molar-refractivity contribution in [3.05, 3.63) is 18.0 Å². The van der Waals surface area contributed by atoms with E-state index in [1.54, 1.807) is 44.8 Å². The lowest BCUT2D eigenvalue weighted by molar-refractivity contribution is 0.0488. The van der Waals surface area contributed by atoms with Gasteiger partial charge in [0.2, 0.25) is 0 Å². The first-order chi connectivity index (χ1) is 7.79. The predicted molar refractivity (Wildman–Crippen MR) is 62.4 cm³/mol. The number of aryl methyl sites for hydroxylation is 1. The number of aliphatic hydroxyl groups excluding tert-OH is 1. The van der Waals surface area contributed by atoms with E-state index in [9.17, 15) is 9.90 Å². The monoisotopic (exact) mass is 241 g/mol. The highest BCUT2D eigenvalue weighted by molar-refractivity contribution is 5.67. The highest BCUT2D eigenvalue weighted by Crippen LogP contribution is 2.10. The largest absolute Gasteiger partial charge is 0.444 e. The topological polar surface area (TPSA) is 76.4 Å². The van der Waals surface area contributed by atoms with Crippen LogP contribution in [-0.2, 0) is 11.8 Å². The molecule has 1 amide bonds. The van der Waals surface area contributed by atoms with Crippen LogP contribution < -0.4 is 5.32 Å². The molecule has 0 spiro atoms. The van der Waals surface area contributed by atoms with E-state index in [0.29, 0.717) is 5.69 Å². The van der Waals surface area contributed by atoms with Crippen molar-refractivity contribution in [1.82, 2.24) is 15.1 Å². The zero-order valence-corrected chi connectivity index (χ0v) is 10.6. The summed E-state index contributed by atoms with van der Waals surface area (Å²) in [7, 11) is 1.73. The fourth-order valence-electron chi connectivity index (χ4n) is 1.31. The van der Waals surface area contributed by atoms with Gasteiger partial charge in [0.1, 0.15) is 11.7 Å². The molecule has 0 aliphatic rings. The molecule has 1 atom stereocenters. The molecule has 1 heterocycles. The molecule has 1 unspecified atom stereocenters. The molecule has 0 saturated heterocycles. The maximum absolute atomic E-state index is 11.4. The normalized spacial score (nSPS) is 13.2. The Hall–Kier alpha value is -1.56. The van der Waals surface area contributed by atoms with Gasteiger partial charge in [-0.05, 0) is 26.8 Å². The lowest BCUT2D eigenvalue weighted by Crippen LogP contribution is -2.35. The van der Waals surface area contributed by atoms with Gasteiger partial charge in [-0.15, -0.1) is 0 Å². The maximum Gasteiger partial charge on any atom is 0.407 e. The number of hydrogen-bond donors (Lipinski definition) is 2. The fourth-order valence-corrected chi connectivity index (χ4v) is 1.31. The van der Waals surface area contributed by atoms with Gasteiger partial charge in [-0.1, -0.05) is 0 Å². The minimum Gasteiger partial charge on any atom is -0.444 e. The van der Waals surface area contributed by atoms with Gasteiger partial charge in [0, 0.05) is 13.2 Å². The quantitative estimate of drug-likeness (QED) is 0.827. The fraction of sp³-hybridized carbons (Fsp3) is 0.636. The average molecular weight is 241 g/mol. The summed E-state index contributed by atoms with van der Waals surface area (Å²) in [6, 6.07) is 1.70. The van der Waals surface area contributed by atoms with Gasteiger partial charge in [0.05, 0.1) is 12.2 Å². The van der Waals surface area contributed by atoms with Gasteiger partial charge in [0.25, 0.3) is 0 Å². The third-order valence-electron chi connectivity index (χ3n) is 2.04. The summed E-state index contributed by atoms with van der Waals surface area (Å²) >= 11 is 0. The van der Waals surface area contributed by atoms with Crippen LogP contribution in [0.25, 0.3) is 0 Å². The number of rotatable bonds is 3. The minimum atomic E-state index is -0.796. The van der Waals surface area contributed by atoms with Crippen LogP contribution >= 0.6 is 0 Å². The van der Waals surface area contributed by atoms with Gasteiger partial charge < -0.3 is 15.2 Å². The van der Waals surface area contributed by atoms with Crippen LogP contribution in [0.1, 0.15) is 32.6 Å². The molecule has 17 heavy (non-hydrogen) atoms. The van der Waals surface area contributed by atoms with Crippen molar-refractivity contribution in [2.75, 3.05) is 6.54 Å². The number of aromatic nitrogens is 2. The smallest absolute Gasteiger partial charge is 0.407 e. The standard InChI is InChI=1S/C11H19N3O3/c1-11(2,3)17-10(16)12-7-9(15)8-5-6-13-14(8)4/h5-6,9,15H,7H2,1-4H3,(H,12,16). The van der Waals surface area contributed by atoms with Gasteiger partial charge in [-0.3, -0.25) is 4.68 Å². The summed E-state index contributed by atoms with van der Waals surface area (Å²) in [5.74, 6) is 0. The molecule has 1 aromatic heterocycles. The number of amides is 1. The Morgan fingerprint density at radius 1 is 1.65 bits per heavy atom. The van der Waals surface area contributed by atoms with E-state index in [1.165, 1.54) is 0 Å². The number of nitrogens with one attached hydrogen (secondary N) is 1. The number of carbonyl (C=O) groups is 1. The Kier molecular flexibility index (Phi) is 4.11. The summed E-state index contributed by atoms with van der Waals surface area (Å²) in [5, 5.41) is 16.2. The van der Waals surface area contributed by atoms with Crippen molar-refractivity contribution in [2.24, 2.45) is 7.05 Å². The molecule has 1 rings (SSSR count). The zero-order valence-electron chi connectivity index (χ0n) is 10.6. The summed E-state index contributed by atoms with van der Waals surface area (Å²) in [4.78, 5) is 11.4. The lowest BCUT2D eigenvalue weighted by atomic mass is 10.2. The van der Waals surface area contributed by atoms with E-state index >= 15 is 0 Å². The number of hydrogen-bond acceptors (Lipinski definition) is 4. The van der Waals surface area contributed by atoms with Crippen molar-refractivity contribution >= 4 is 6.09 Å². The first-order valence-corrected chi connectivity index (χ1v) is 5.42. The molecule has 96 valence electrons. The Morgan fingerprint density at radius 3 is 2.76 bits per heavy atom. The van der Waals surface area contributed by atoms with Gasteiger partial charge in [0.15, 0.2) is 0 Å².